The molecule has 39 nitrogen and oxygen atoms in total. The number of carboxylic acids is 1. The average molecular weight is 1710 g/mol. The normalized spacial score (nSPS) is 15.5. The minimum Gasteiger partial charge on any atom is -0.480 e. The van der Waals surface area contributed by atoms with Gasteiger partial charge in [-0.2, -0.15) is 0 Å². The molecule has 0 aromatic rings. The molecule has 0 aliphatic heterocycles. The largest absolute Gasteiger partial charge is 0.480 e. The second kappa shape index (κ2) is 61.5. The van der Waals surface area contributed by atoms with Crippen molar-refractivity contribution in [3.63, 3.8) is 0 Å². The molecule has 690 valence electrons. The lowest BCUT2D eigenvalue weighted by molar-refractivity contribution is -0.142. The van der Waals surface area contributed by atoms with Crippen LogP contribution in [0.2, 0.25) is 0 Å². The van der Waals surface area contributed by atoms with Crippen molar-refractivity contribution in [3.05, 3.63) is 0 Å². The second-order valence-corrected chi connectivity index (χ2v) is 33.6. The zero-order valence-corrected chi connectivity index (χ0v) is 74.2. The lowest BCUT2D eigenvalue weighted by Gasteiger charge is -2.28. The molecule has 39 heteroatoms. The fourth-order valence-corrected chi connectivity index (χ4v) is 12.7. The number of nitrogens with one attached hydrogen (secondary N) is 15. The molecule has 0 fully saturated rings. The van der Waals surface area contributed by atoms with E-state index in [4.69, 9.17) is 40.1 Å². The Bertz CT molecular complexity index is 3190. The van der Waals surface area contributed by atoms with Gasteiger partial charge in [-0.05, 0) is 245 Å². The predicted molar refractivity (Wildman–Crippen MR) is 458 cm³/mol. The first-order chi connectivity index (χ1) is 56.4. The summed E-state index contributed by atoms with van der Waals surface area (Å²) < 4.78 is 0. The van der Waals surface area contributed by atoms with Crippen molar-refractivity contribution in [2.75, 3.05) is 39.3 Å². The third kappa shape index (κ3) is 46.9. The first-order valence-electron chi connectivity index (χ1n) is 43.2. The van der Waals surface area contributed by atoms with Crippen LogP contribution in [0.5, 0.6) is 0 Å². The number of rotatable bonds is 65. The molecule has 0 radical (unpaired) electrons. The Balaban J connectivity index is 6.73. The Morgan fingerprint density at radius 3 is 0.542 bits per heavy atom. The monoisotopic (exact) mass is 1710 g/mol. The molecule has 15 amide bonds. The smallest absolute Gasteiger partial charge is 0.326 e. The Hall–Kier alpha value is -8.76. The molecule has 0 unspecified atom stereocenters. The number of aliphatic carboxylic acids is 1. The van der Waals surface area contributed by atoms with Crippen LogP contribution in [0.3, 0.4) is 0 Å². The van der Waals surface area contributed by atoms with Crippen molar-refractivity contribution in [1.82, 2.24) is 79.8 Å². The van der Waals surface area contributed by atoms with E-state index in [1.807, 2.05) is 13.8 Å². The topological polar surface area (TPSA) is 656 Å². The minimum absolute atomic E-state index is 0.0220. The minimum atomic E-state index is -1.35. The maximum absolute atomic E-state index is 14.5. The summed E-state index contributed by atoms with van der Waals surface area (Å²) in [7, 11) is 0. The van der Waals surface area contributed by atoms with Crippen LogP contribution in [0.1, 0.15) is 252 Å². The molecule has 0 aromatic carbocycles. The second-order valence-electron chi connectivity index (χ2n) is 33.6. The van der Waals surface area contributed by atoms with Gasteiger partial charge in [0.1, 0.15) is 90.6 Å². The molecule has 0 saturated carbocycles. The van der Waals surface area contributed by atoms with Gasteiger partial charge < -0.3 is 125 Å². The zero-order chi connectivity index (χ0) is 91.5. The van der Waals surface area contributed by atoms with E-state index in [1.54, 1.807) is 55.4 Å². The first-order valence-corrected chi connectivity index (χ1v) is 43.2. The van der Waals surface area contributed by atoms with Crippen LogP contribution in [-0.2, 0) is 76.7 Å². The Kier molecular flexibility index (Phi) is 57.0. The molecule has 16 atom stereocenters. The number of amides is 15. The molecular weight excluding hydrogens is 1550 g/mol. The average Bonchev–Trinajstić information content (AvgIpc) is 0.862. The van der Waals surface area contributed by atoms with Gasteiger partial charge >= 0.3 is 5.97 Å². The van der Waals surface area contributed by atoms with Crippen LogP contribution in [-0.4, -0.2) is 236 Å². The van der Waals surface area contributed by atoms with Gasteiger partial charge in [0.05, 0.1) is 6.04 Å². The molecule has 0 heterocycles. The van der Waals surface area contributed by atoms with Crippen molar-refractivity contribution >= 4 is 94.6 Å². The number of carbonyl (C=O) groups excluding carboxylic acids is 15. The fourth-order valence-electron chi connectivity index (χ4n) is 12.7. The van der Waals surface area contributed by atoms with Gasteiger partial charge in [-0.1, -0.05) is 75.7 Å². The van der Waals surface area contributed by atoms with Crippen LogP contribution in [0.4, 0.5) is 0 Å². The van der Waals surface area contributed by atoms with E-state index in [0.29, 0.717) is 90.0 Å². The molecule has 0 aliphatic carbocycles. The summed E-state index contributed by atoms with van der Waals surface area (Å²) in [6.07, 6.45) is 6.44. The highest BCUT2D eigenvalue weighted by Gasteiger charge is 2.38. The Labute approximate surface area is 710 Å². The summed E-state index contributed by atoms with van der Waals surface area (Å²) in [5.74, 6) is -13.4. The third-order valence-corrected chi connectivity index (χ3v) is 19.6. The maximum atomic E-state index is 14.5. The van der Waals surface area contributed by atoms with E-state index in [2.05, 4.69) is 79.8 Å². The van der Waals surface area contributed by atoms with Crippen LogP contribution < -0.4 is 120 Å². The van der Waals surface area contributed by atoms with E-state index < -0.39 is 191 Å². The van der Waals surface area contributed by atoms with Crippen molar-refractivity contribution in [2.45, 2.75) is 348 Å². The molecule has 0 bridgehead atoms. The summed E-state index contributed by atoms with van der Waals surface area (Å²) in [6.45, 7) is 26.6. The summed E-state index contributed by atoms with van der Waals surface area (Å²) in [5.41, 5.74) is 40.7. The number of nitrogens with two attached hydrogens (primary N) is 7. The number of hydrogen-bond donors (Lipinski definition) is 23. The van der Waals surface area contributed by atoms with Gasteiger partial charge in [-0.3, -0.25) is 71.9 Å². The van der Waals surface area contributed by atoms with Gasteiger partial charge in [0, 0.05) is 0 Å². The van der Waals surface area contributed by atoms with Crippen LogP contribution in [0, 0.1) is 29.6 Å². The fraction of sp³-hybridized carbons (Fsp3) is 0.802. The summed E-state index contributed by atoms with van der Waals surface area (Å²) in [6, 6.07) is -19.7. The van der Waals surface area contributed by atoms with Gasteiger partial charge in [0.25, 0.3) is 0 Å². The molecule has 120 heavy (non-hydrogen) atoms. The summed E-state index contributed by atoms with van der Waals surface area (Å²) in [5, 5.41) is 49.5. The number of hydrogen-bond acceptors (Lipinski definition) is 23. The van der Waals surface area contributed by atoms with Gasteiger partial charge in [-0.15, -0.1) is 0 Å². The number of carboxylic acid groups (broad SMARTS) is 1. The molecular formula is C81H154N22O17. The van der Waals surface area contributed by atoms with Crippen molar-refractivity contribution in [3.8, 4) is 0 Å². The van der Waals surface area contributed by atoms with Gasteiger partial charge in [-0.25, -0.2) is 4.79 Å². The maximum Gasteiger partial charge on any atom is 0.326 e. The lowest BCUT2D eigenvalue weighted by Crippen LogP contribution is -2.60. The summed E-state index contributed by atoms with van der Waals surface area (Å²) in [4.78, 5) is 221. The van der Waals surface area contributed by atoms with Crippen molar-refractivity contribution < 1.29 is 81.8 Å². The van der Waals surface area contributed by atoms with Crippen LogP contribution in [0.25, 0.3) is 0 Å². The highest BCUT2D eigenvalue weighted by Crippen LogP contribution is 2.16. The van der Waals surface area contributed by atoms with E-state index in [0.717, 1.165) is 0 Å². The predicted octanol–water partition coefficient (Wildman–Crippen LogP) is -2.23. The molecule has 0 saturated heterocycles. The van der Waals surface area contributed by atoms with Crippen molar-refractivity contribution in [2.24, 2.45) is 69.7 Å². The van der Waals surface area contributed by atoms with E-state index in [-0.39, 0.29) is 127 Å². The van der Waals surface area contributed by atoms with Gasteiger partial charge in [0.15, 0.2) is 0 Å². The highest BCUT2D eigenvalue weighted by atomic mass is 16.4. The molecule has 30 N–H and O–H groups in total. The van der Waals surface area contributed by atoms with Crippen molar-refractivity contribution in [1.29, 1.82) is 0 Å². The van der Waals surface area contributed by atoms with Crippen LogP contribution in [0.15, 0.2) is 0 Å². The first kappa shape index (κ1) is 111. The standard InChI is InChI=1S/C81H154N22O17/c1-45(2)40-61(99-71(109)55(88)28-16-22-34-82)77(115)90-51(12)67(105)95-57(30-18-24-36-84)73(111)98-60(33-21-27-39-87)76(114)102-64(43-48(7)8)80(118)93-53(14)69(107)97-59(32-20-26-38-86)75(113)101-63(42-47(5)6)79(117)92-52(13)68(106)96-58(31-19-25-37-85)74(112)100-62(41-46(3)4)78(116)91-50(11)66(104)94-56(29-17-23-35-83)72(110)89-54(15)70(108)103-65(81(119)120)44-49(9)10/h45-65H,16-44,82-88H2,1-15H3,(H,89,110)(H,90,115)(H,91,116)(H,92,117)(H,93,118)(H,94,104)(H,95,105)(H,96,106)(H,97,107)(H,98,111)(H,99,109)(H,100,112)(H,101,113)(H,102,114)(H,103,108)(H,119,120)/t50-,51-,52-,53-,54-,55-,56-,57-,58-,59-,60-,61-,62-,63-,64-,65-/m0/s1. The third-order valence-electron chi connectivity index (χ3n) is 19.6. The van der Waals surface area contributed by atoms with Gasteiger partial charge in [0.2, 0.25) is 88.6 Å². The summed E-state index contributed by atoms with van der Waals surface area (Å²) >= 11 is 0. The van der Waals surface area contributed by atoms with Crippen LogP contribution >= 0.6 is 0 Å². The van der Waals surface area contributed by atoms with E-state index in [1.165, 1.54) is 34.6 Å². The molecule has 0 spiro atoms. The molecule has 0 rings (SSSR count). The Morgan fingerprint density at radius 2 is 0.350 bits per heavy atom. The highest BCUT2D eigenvalue weighted by molar-refractivity contribution is 6.00. The molecule has 0 aliphatic rings. The molecule has 0 aromatic heterocycles. The SMILES string of the molecule is CC(C)C[C@H](NC(=O)[C@H](C)NC(=O)[C@H](CCCCN)NC(=O)[C@H](C)NC(=O)[C@H](CC(C)C)NC(=O)[C@H](CCCCN)NC(=O)[C@H](C)NC(=O)[C@H](CC(C)C)NC(=O)[C@H](CCCCN)NC(=O)[C@H](C)NC(=O)[C@H](CC(C)C)NC(=O)[C@H](CCCCN)NC(=O)[C@H](CCCCN)NC(=O)[C@H](C)NC(=O)[C@H](CC(C)C)NC(=O)[C@@H](N)CCCCN)C(=O)O. The van der Waals surface area contributed by atoms with E-state index >= 15 is 0 Å². The zero-order valence-electron chi connectivity index (χ0n) is 74.2. The van der Waals surface area contributed by atoms with E-state index in [9.17, 15) is 81.8 Å². The number of carbonyl (C=O) groups is 16. The Morgan fingerprint density at radius 1 is 0.200 bits per heavy atom. The number of unbranched alkanes of at least 4 members (excludes halogenated alkanes) is 6. The lowest BCUT2D eigenvalue weighted by atomic mass is 10.0. The quantitative estimate of drug-likeness (QED) is 0.0287.